The number of rotatable bonds is 2. The fraction of sp³-hybridized carbons (Fsp3) is 0.545. The third kappa shape index (κ3) is 2.51. The van der Waals surface area contributed by atoms with Gasteiger partial charge in [0.25, 0.3) is 11.5 Å². The molecule has 0 bridgehead atoms. The number of aromatic nitrogens is 2. The summed E-state index contributed by atoms with van der Waals surface area (Å²) in [6.45, 7) is 1.65. The maximum absolute atomic E-state index is 11.9. The topological polar surface area (TPSA) is 96.0 Å². The molecule has 0 unspecified atom stereocenters. The van der Waals surface area contributed by atoms with Crippen molar-refractivity contribution in [3.8, 4) is 0 Å². The number of nitrogens with one attached hydrogen (secondary N) is 3. The third-order valence-corrected chi connectivity index (χ3v) is 3.06. The van der Waals surface area contributed by atoms with Gasteiger partial charge in [0.2, 0.25) is 0 Å². The van der Waals surface area contributed by atoms with Gasteiger partial charge in [0.15, 0.2) is 0 Å². The lowest BCUT2D eigenvalue weighted by molar-refractivity contribution is 0.0928. The monoisotopic (exact) mass is 252 g/mol. The number of aromatic amines is 1. The van der Waals surface area contributed by atoms with Gasteiger partial charge in [-0.05, 0) is 19.4 Å². The zero-order valence-corrected chi connectivity index (χ0v) is 10.2. The van der Waals surface area contributed by atoms with Crippen LogP contribution in [0.1, 0.15) is 23.2 Å². The van der Waals surface area contributed by atoms with Crippen LogP contribution in [-0.4, -0.2) is 34.6 Å². The lowest BCUT2D eigenvalue weighted by Crippen LogP contribution is -2.47. The number of carbonyl (C=O) groups excluding carboxylic acids is 1. The summed E-state index contributed by atoms with van der Waals surface area (Å²) in [5.41, 5.74) is -1.15. The Balaban J connectivity index is 2.16. The van der Waals surface area contributed by atoms with Gasteiger partial charge in [-0.15, -0.1) is 0 Å². The molecule has 1 saturated heterocycles. The molecule has 1 fully saturated rings. The summed E-state index contributed by atoms with van der Waals surface area (Å²) in [5, 5.41) is 5.96. The molecule has 3 N–H and O–H groups in total. The first-order chi connectivity index (χ1) is 8.59. The molecule has 7 heteroatoms. The second-order valence-electron chi connectivity index (χ2n) is 4.39. The van der Waals surface area contributed by atoms with Crippen LogP contribution in [0.25, 0.3) is 0 Å². The summed E-state index contributed by atoms with van der Waals surface area (Å²) < 4.78 is 0.883. The minimum absolute atomic E-state index is 0.0304. The number of nitrogens with zero attached hydrogens (tertiary/aromatic N) is 1. The molecule has 98 valence electrons. The van der Waals surface area contributed by atoms with E-state index in [2.05, 4.69) is 15.6 Å². The summed E-state index contributed by atoms with van der Waals surface area (Å²) in [6.07, 6.45) is 3.05. The number of H-pyrrole nitrogens is 1. The van der Waals surface area contributed by atoms with E-state index < -0.39 is 17.2 Å². The molecule has 1 aliphatic rings. The SMILES string of the molecule is Cn1c(=O)[nH]cc(C(=O)N[C@H]2CCCNC2)c1=O. The molecule has 1 aromatic heterocycles. The fourth-order valence-electron chi connectivity index (χ4n) is 1.97. The highest BCUT2D eigenvalue weighted by Crippen LogP contribution is 2.01. The van der Waals surface area contributed by atoms with Crippen molar-refractivity contribution in [2.24, 2.45) is 7.05 Å². The van der Waals surface area contributed by atoms with E-state index in [4.69, 9.17) is 0 Å². The Morgan fingerprint density at radius 1 is 1.50 bits per heavy atom. The van der Waals surface area contributed by atoms with E-state index in [9.17, 15) is 14.4 Å². The summed E-state index contributed by atoms with van der Waals surface area (Å²) in [7, 11) is 1.33. The van der Waals surface area contributed by atoms with Crippen LogP contribution < -0.4 is 21.9 Å². The predicted octanol–water partition coefficient (Wildman–Crippen LogP) is -1.44. The normalized spacial score (nSPS) is 19.5. The van der Waals surface area contributed by atoms with Gasteiger partial charge >= 0.3 is 5.69 Å². The first-order valence-electron chi connectivity index (χ1n) is 5.90. The van der Waals surface area contributed by atoms with Crippen LogP contribution in [-0.2, 0) is 7.05 Å². The van der Waals surface area contributed by atoms with Gasteiger partial charge in [0.05, 0.1) is 0 Å². The second kappa shape index (κ2) is 5.18. The molecule has 2 heterocycles. The number of piperidine rings is 1. The third-order valence-electron chi connectivity index (χ3n) is 3.06. The van der Waals surface area contributed by atoms with Crippen molar-refractivity contribution in [2.45, 2.75) is 18.9 Å². The van der Waals surface area contributed by atoms with E-state index in [1.54, 1.807) is 0 Å². The Hall–Kier alpha value is -1.89. The molecule has 0 spiro atoms. The van der Waals surface area contributed by atoms with Crippen molar-refractivity contribution in [3.05, 3.63) is 32.6 Å². The second-order valence-corrected chi connectivity index (χ2v) is 4.39. The van der Waals surface area contributed by atoms with E-state index in [1.807, 2.05) is 0 Å². The van der Waals surface area contributed by atoms with Gasteiger partial charge < -0.3 is 15.6 Å². The first kappa shape index (κ1) is 12.6. The fourth-order valence-corrected chi connectivity index (χ4v) is 1.97. The van der Waals surface area contributed by atoms with Crippen LogP contribution in [0.15, 0.2) is 15.8 Å². The van der Waals surface area contributed by atoms with Crippen molar-refractivity contribution < 1.29 is 4.79 Å². The molecule has 1 atom stereocenters. The van der Waals surface area contributed by atoms with Crippen LogP contribution >= 0.6 is 0 Å². The Morgan fingerprint density at radius 2 is 2.28 bits per heavy atom. The minimum Gasteiger partial charge on any atom is -0.348 e. The molecule has 2 rings (SSSR count). The highest BCUT2D eigenvalue weighted by atomic mass is 16.2. The lowest BCUT2D eigenvalue weighted by atomic mass is 10.1. The van der Waals surface area contributed by atoms with Crippen molar-refractivity contribution in [2.75, 3.05) is 13.1 Å². The van der Waals surface area contributed by atoms with Crippen LogP contribution in [0.3, 0.4) is 0 Å². The van der Waals surface area contributed by atoms with E-state index >= 15 is 0 Å². The van der Waals surface area contributed by atoms with Crippen molar-refractivity contribution in [1.82, 2.24) is 20.2 Å². The quantitative estimate of drug-likeness (QED) is 0.600. The number of hydrogen-bond acceptors (Lipinski definition) is 4. The van der Waals surface area contributed by atoms with E-state index in [-0.39, 0.29) is 11.6 Å². The Kier molecular flexibility index (Phi) is 3.61. The van der Waals surface area contributed by atoms with Gasteiger partial charge in [-0.2, -0.15) is 0 Å². The van der Waals surface area contributed by atoms with E-state index in [1.165, 1.54) is 7.05 Å². The van der Waals surface area contributed by atoms with Crippen molar-refractivity contribution in [1.29, 1.82) is 0 Å². The average molecular weight is 252 g/mol. The molecule has 0 aliphatic carbocycles. The molecular formula is C11H16N4O3. The molecule has 0 aromatic carbocycles. The summed E-state index contributed by atoms with van der Waals surface area (Å²) in [5.74, 6) is -0.444. The largest absolute Gasteiger partial charge is 0.348 e. The highest BCUT2D eigenvalue weighted by molar-refractivity contribution is 5.93. The van der Waals surface area contributed by atoms with Crippen LogP contribution in [0.5, 0.6) is 0 Å². The molecular weight excluding hydrogens is 236 g/mol. The summed E-state index contributed by atoms with van der Waals surface area (Å²) in [4.78, 5) is 37.2. The zero-order valence-electron chi connectivity index (χ0n) is 10.2. The highest BCUT2D eigenvalue weighted by Gasteiger charge is 2.19. The average Bonchev–Trinajstić information content (AvgIpc) is 2.37. The molecule has 0 radical (unpaired) electrons. The van der Waals surface area contributed by atoms with Crippen LogP contribution in [0.4, 0.5) is 0 Å². The molecule has 1 aliphatic heterocycles. The van der Waals surface area contributed by atoms with E-state index in [0.29, 0.717) is 6.54 Å². The molecule has 18 heavy (non-hydrogen) atoms. The summed E-state index contributed by atoms with van der Waals surface area (Å²) >= 11 is 0. The van der Waals surface area contributed by atoms with Gasteiger partial charge in [-0.25, -0.2) is 4.79 Å². The maximum Gasteiger partial charge on any atom is 0.328 e. The van der Waals surface area contributed by atoms with Gasteiger partial charge in [-0.3, -0.25) is 14.2 Å². The van der Waals surface area contributed by atoms with E-state index in [0.717, 1.165) is 30.2 Å². The first-order valence-corrected chi connectivity index (χ1v) is 5.90. The predicted molar refractivity (Wildman–Crippen MR) is 65.7 cm³/mol. The van der Waals surface area contributed by atoms with Crippen LogP contribution in [0.2, 0.25) is 0 Å². The van der Waals surface area contributed by atoms with Crippen molar-refractivity contribution >= 4 is 5.91 Å². The number of hydrogen-bond donors (Lipinski definition) is 3. The Morgan fingerprint density at radius 3 is 2.94 bits per heavy atom. The van der Waals surface area contributed by atoms with Crippen LogP contribution in [0, 0.1) is 0 Å². The number of carbonyl (C=O) groups is 1. The number of amides is 1. The molecule has 1 amide bonds. The minimum atomic E-state index is -0.583. The zero-order chi connectivity index (χ0) is 13.1. The Labute approximate surface area is 103 Å². The van der Waals surface area contributed by atoms with Gasteiger partial charge in [0, 0.05) is 25.8 Å². The smallest absolute Gasteiger partial charge is 0.328 e. The lowest BCUT2D eigenvalue weighted by Gasteiger charge is -2.23. The molecule has 1 aromatic rings. The maximum atomic E-state index is 11.9. The van der Waals surface area contributed by atoms with Crippen molar-refractivity contribution in [3.63, 3.8) is 0 Å². The van der Waals surface area contributed by atoms with Gasteiger partial charge in [0.1, 0.15) is 5.56 Å². The molecule has 7 nitrogen and oxygen atoms in total. The Bertz CT molecular complexity index is 554. The summed E-state index contributed by atoms with van der Waals surface area (Å²) in [6, 6.07) is 0.0304. The standard InChI is InChI=1S/C11H16N4O3/c1-15-10(17)8(6-13-11(15)18)9(16)14-7-3-2-4-12-5-7/h6-7,12H,2-5H2,1H3,(H,13,18)(H,14,16)/t7-/m0/s1. The molecule has 0 saturated carbocycles. The van der Waals surface area contributed by atoms with Gasteiger partial charge in [-0.1, -0.05) is 0 Å².